The van der Waals surface area contributed by atoms with Gasteiger partial charge in [-0.15, -0.1) is 0 Å². The minimum atomic E-state index is -0.326. The van der Waals surface area contributed by atoms with Crippen LogP contribution in [0.4, 0.5) is 4.39 Å². The Labute approximate surface area is 138 Å². The zero-order valence-electron chi connectivity index (χ0n) is 12.9. The zero-order valence-corrected chi connectivity index (χ0v) is 12.9. The number of nitrogens with zero attached hydrogens (tertiary/aromatic N) is 2. The van der Waals surface area contributed by atoms with Crippen molar-refractivity contribution < 1.29 is 13.9 Å². The first-order chi connectivity index (χ1) is 11.7. The van der Waals surface area contributed by atoms with Gasteiger partial charge in [-0.3, -0.25) is 9.78 Å². The Morgan fingerprint density at radius 3 is 2.92 bits per heavy atom. The van der Waals surface area contributed by atoms with Crippen molar-refractivity contribution in [3.8, 4) is 0 Å². The van der Waals surface area contributed by atoms with Crippen LogP contribution in [0, 0.1) is 5.82 Å². The number of carbonyl (C=O) groups excluding carboxylic acids is 1. The highest BCUT2D eigenvalue weighted by Gasteiger charge is 2.27. The maximum Gasteiger partial charge on any atom is 0.270 e. The first kappa shape index (κ1) is 14.8. The fourth-order valence-electron chi connectivity index (χ4n) is 3.00. The number of benzene rings is 1. The van der Waals surface area contributed by atoms with Crippen molar-refractivity contribution in [2.45, 2.75) is 6.10 Å². The molecule has 122 valence electrons. The van der Waals surface area contributed by atoms with E-state index in [-0.39, 0.29) is 17.8 Å². The highest BCUT2D eigenvalue weighted by atomic mass is 19.1. The average molecular weight is 325 g/mol. The third kappa shape index (κ3) is 2.76. The number of carbonyl (C=O) groups is 1. The number of aromatic nitrogens is 2. The molecule has 0 spiro atoms. The van der Waals surface area contributed by atoms with E-state index < -0.39 is 0 Å². The molecule has 0 bridgehead atoms. The number of morpholine rings is 1. The molecule has 4 rings (SSSR count). The number of fused-ring (bicyclic) bond motifs is 1. The zero-order chi connectivity index (χ0) is 16.5. The Hall–Kier alpha value is -2.73. The SMILES string of the molecule is O=C(c1cc2ccc(F)cc2[nH]1)N1CCOC(c2ccncc2)C1. The van der Waals surface area contributed by atoms with Crippen molar-refractivity contribution in [2.75, 3.05) is 19.7 Å². The van der Waals surface area contributed by atoms with Crippen LogP contribution in [0.1, 0.15) is 22.2 Å². The minimum Gasteiger partial charge on any atom is -0.370 e. The third-order valence-electron chi connectivity index (χ3n) is 4.25. The Bertz CT molecular complexity index is 878. The van der Waals surface area contributed by atoms with Gasteiger partial charge in [0.05, 0.1) is 13.2 Å². The van der Waals surface area contributed by atoms with Crippen LogP contribution in [0.2, 0.25) is 0 Å². The molecule has 24 heavy (non-hydrogen) atoms. The summed E-state index contributed by atoms with van der Waals surface area (Å²) in [5, 5.41) is 0.818. The minimum absolute atomic E-state index is 0.103. The largest absolute Gasteiger partial charge is 0.370 e. The van der Waals surface area contributed by atoms with E-state index in [1.165, 1.54) is 12.1 Å². The van der Waals surface area contributed by atoms with Gasteiger partial charge in [0.15, 0.2) is 0 Å². The van der Waals surface area contributed by atoms with E-state index >= 15 is 0 Å². The highest BCUT2D eigenvalue weighted by molar-refractivity contribution is 5.98. The number of hydrogen-bond acceptors (Lipinski definition) is 3. The van der Waals surface area contributed by atoms with Crippen LogP contribution in [0.5, 0.6) is 0 Å². The van der Waals surface area contributed by atoms with Crippen molar-refractivity contribution in [3.63, 3.8) is 0 Å². The van der Waals surface area contributed by atoms with E-state index in [9.17, 15) is 9.18 Å². The number of halogens is 1. The van der Waals surface area contributed by atoms with Crippen molar-refractivity contribution in [1.29, 1.82) is 0 Å². The van der Waals surface area contributed by atoms with Gasteiger partial charge in [-0.25, -0.2) is 4.39 Å². The molecule has 6 heteroatoms. The number of hydrogen-bond donors (Lipinski definition) is 1. The summed E-state index contributed by atoms with van der Waals surface area (Å²) >= 11 is 0. The molecule has 1 aromatic carbocycles. The number of ether oxygens (including phenoxy) is 1. The van der Waals surface area contributed by atoms with Gasteiger partial charge in [-0.2, -0.15) is 0 Å². The van der Waals surface area contributed by atoms with E-state index in [1.807, 2.05) is 12.1 Å². The number of pyridine rings is 1. The fraction of sp³-hybridized carbons (Fsp3) is 0.222. The topological polar surface area (TPSA) is 58.2 Å². The van der Waals surface area contributed by atoms with Crippen molar-refractivity contribution in [2.24, 2.45) is 0 Å². The first-order valence-electron chi connectivity index (χ1n) is 7.80. The van der Waals surface area contributed by atoms with Gasteiger partial charge in [-0.05, 0) is 42.0 Å². The number of nitrogens with one attached hydrogen (secondary N) is 1. The Morgan fingerprint density at radius 2 is 2.08 bits per heavy atom. The molecule has 1 aliphatic rings. The van der Waals surface area contributed by atoms with Crippen LogP contribution in [0.15, 0.2) is 48.8 Å². The van der Waals surface area contributed by atoms with E-state index in [4.69, 9.17) is 4.74 Å². The van der Waals surface area contributed by atoms with Gasteiger partial charge >= 0.3 is 0 Å². The molecule has 1 amide bonds. The molecule has 0 radical (unpaired) electrons. The van der Waals surface area contributed by atoms with Gasteiger partial charge in [0, 0.05) is 29.8 Å². The Kier molecular flexibility index (Phi) is 3.74. The second-order valence-corrected chi connectivity index (χ2v) is 5.81. The number of aromatic amines is 1. The lowest BCUT2D eigenvalue weighted by Gasteiger charge is -2.32. The van der Waals surface area contributed by atoms with E-state index in [0.717, 1.165) is 10.9 Å². The van der Waals surface area contributed by atoms with Gasteiger partial charge in [0.25, 0.3) is 5.91 Å². The first-order valence-corrected chi connectivity index (χ1v) is 7.80. The number of amides is 1. The predicted molar refractivity (Wildman–Crippen MR) is 87.1 cm³/mol. The standard InChI is InChI=1S/C18H16FN3O2/c19-14-2-1-13-9-16(21-15(13)10-14)18(23)22-7-8-24-17(11-22)12-3-5-20-6-4-12/h1-6,9-10,17,21H,7-8,11H2. The molecule has 1 fully saturated rings. The molecular weight excluding hydrogens is 309 g/mol. The molecule has 0 saturated carbocycles. The lowest BCUT2D eigenvalue weighted by atomic mass is 10.1. The lowest BCUT2D eigenvalue weighted by Crippen LogP contribution is -2.42. The molecule has 2 aromatic heterocycles. The van der Waals surface area contributed by atoms with E-state index in [1.54, 1.807) is 29.4 Å². The summed E-state index contributed by atoms with van der Waals surface area (Å²) in [7, 11) is 0. The predicted octanol–water partition coefficient (Wildman–Crippen LogP) is 2.92. The van der Waals surface area contributed by atoms with Crippen LogP contribution in [0.25, 0.3) is 10.9 Å². The summed E-state index contributed by atoms with van der Waals surface area (Å²) in [4.78, 5) is 21.5. The summed E-state index contributed by atoms with van der Waals surface area (Å²) in [5.41, 5.74) is 2.09. The summed E-state index contributed by atoms with van der Waals surface area (Å²) < 4.78 is 19.1. The van der Waals surface area contributed by atoms with Crippen LogP contribution >= 0.6 is 0 Å². The highest BCUT2D eigenvalue weighted by Crippen LogP contribution is 2.24. The van der Waals surface area contributed by atoms with Crippen molar-refractivity contribution >= 4 is 16.8 Å². The molecule has 1 saturated heterocycles. The van der Waals surface area contributed by atoms with Crippen molar-refractivity contribution in [1.82, 2.24) is 14.9 Å². The molecule has 1 aliphatic heterocycles. The second-order valence-electron chi connectivity index (χ2n) is 5.81. The van der Waals surface area contributed by atoms with Crippen molar-refractivity contribution in [3.05, 3.63) is 65.9 Å². The average Bonchev–Trinajstić information content (AvgIpc) is 3.05. The molecular formula is C18H16FN3O2. The van der Waals surface area contributed by atoms with Gasteiger partial charge < -0.3 is 14.6 Å². The molecule has 3 aromatic rings. The van der Waals surface area contributed by atoms with Gasteiger partial charge in [0.2, 0.25) is 0 Å². The smallest absolute Gasteiger partial charge is 0.270 e. The molecule has 1 unspecified atom stereocenters. The van der Waals surface area contributed by atoms with Gasteiger partial charge in [-0.1, -0.05) is 0 Å². The normalized spacial score (nSPS) is 18.0. The van der Waals surface area contributed by atoms with Gasteiger partial charge in [0.1, 0.15) is 17.6 Å². The summed E-state index contributed by atoms with van der Waals surface area (Å²) in [6, 6.07) is 9.99. The summed E-state index contributed by atoms with van der Waals surface area (Å²) in [6.07, 6.45) is 3.27. The molecule has 5 nitrogen and oxygen atoms in total. The number of H-pyrrole nitrogens is 1. The molecule has 0 aliphatic carbocycles. The number of rotatable bonds is 2. The third-order valence-corrected chi connectivity index (χ3v) is 4.25. The quantitative estimate of drug-likeness (QED) is 0.788. The van der Waals surface area contributed by atoms with Crippen LogP contribution in [-0.2, 0) is 4.74 Å². The summed E-state index contributed by atoms with van der Waals surface area (Å²) in [5.74, 6) is -0.429. The van der Waals surface area contributed by atoms with E-state index in [2.05, 4.69) is 9.97 Å². The monoisotopic (exact) mass is 325 g/mol. The van der Waals surface area contributed by atoms with Crippen LogP contribution < -0.4 is 0 Å². The maximum atomic E-state index is 13.3. The fourth-order valence-corrected chi connectivity index (χ4v) is 3.00. The van der Waals surface area contributed by atoms with Crippen LogP contribution in [0.3, 0.4) is 0 Å². The Balaban J connectivity index is 1.56. The molecule has 1 N–H and O–H groups in total. The lowest BCUT2D eigenvalue weighted by molar-refractivity contribution is -0.0230. The maximum absolute atomic E-state index is 13.3. The van der Waals surface area contributed by atoms with Crippen LogP contribution in [-0.4, -0.2) is 40.5 Å². The Morgan fingerprint density at radius 1 is 1.25 bits per heavy atom. The van der Waals surface area contributed by atoms with E-state index in [0.29, 0.717) is 30.9 Å². The molecule has 1 atom stereocenters. The summed E-state index contributed by atoms with van der Waals surface area (Å²) in [6.45, 7) is 1.49. The second kappa shape index (κ2) is 6.05. The molecule has 3 heterocycles.